The normalized spacial score (nSPS) is 16.2. The minimum absolute atomic E-state index is 0. The molecular formula is C15H28IN7OS. The van der Waals surface area contributed by atoms with Gasteiger partial charge in [-0.05, 0) is 12.8 Å². The smallest absolute Gasteiger partial charge is 0.231 e. The first kappa shape index (κ1) is 21.9. The van der Waals surface area contributed by atoms with E-state index in [0.717, 1.165) is 42.7 Å². The van der Waals surface area contributed by atoms with Crippen molar-refractivity contribution in [1.29, 1.82) is 0 Å². The summed E-state index contributed by atoms with van der Waals surface area (Å²) in [6, 6.07) is 0.355. The lowest BCUT2D eigenvalue weighted by atomic mass is 10.1. The van der Waals surface area contributed by atoms with Crippen molar-refractivity contribution in [2.24, 2.45) is 10.7 Å². The molecule has 2 heterocycles. The van der Waals surface area contributed by atoms with Gasteiger partial charge in [-0.25, -0.2) is 4.98 Å². The largest absolute Gasteiger partial charge is 0.369 e. The van der Waals surface area contributed by atoms with E-state index >= 15 is 0 Å². The number of hydrogen-bond acceptors (Lipinski definition) is 6. The van der Waals surface area contributed by atoms with Gasteiger partial charge in [0.15, 0.2) is 11.1 Å². The van der Waals surface area contributed by atoms with Crippen molar-refractivity contribution in [2.75, 3.05) is 45.7 Å². The first-order valence-corrected chi connectivity index (χ1v) is 8.95. The maximum atomic E-state index is 11.0. The Labute approximate surface area is 170 Å². The van der Waals surface area contributed by atoms with Crippen LogP contribution in [-0.4, -0.2) is 68.6 Å². The Balaban J connectivity index is 0.00000312. The molecule has 2 rings (SSSR count). The summed E-state index contributed by atoms with van der Waals surface area (Å²) in [6.07, 6.45) is 1.94. The Kier molecular flexibility index (Phi) is 9.43. The van der Waals surface area contributed by atoms with Crippen LogP contribution in [-0.2, 0) is 11.3 Å². The summed E-state index contributed by atoms with van der Waals surface area (Å²) in [5.41, 5.74) is 6.24. The number of thiazole rings is 1. The topological polar surface area (TPSA) is 98.9 Å². The van der Waals surface area contributed by atoms with E-state index in [4.69, 9.17) is 5.73 Å². The zero-order valence-corrected chi connectivity index (χ0v) is 18.1. The highest BCUT2D eigenvalue weighted by Crippen LogP contribution is 2.17. The van der Waals surface area contributed by atoms with E-state index in [1.807, 2.05) is 19.0 Å². The number of rotatable bonds is 6. The third kappa shape index (κ3) is 7.32. The number of nitrogens with one attached hydrogen (secondary N) is 2. The molecule has 1 aliphatic rings. The molecule has 8 nitrogen and oxygen atoms in total. The molecule has 0 unspecified atom stereocenters. The number of carbonyl (C=O) groups excluding carboxylic acids is 1. The summed E-state index contributed by atoms with van der Waals surface area (Å²) in [6.45, 7) is 2.73. The van der Waals surface area contributed by atoms with Crippen molar-refractivity contribution in [3.8, 4) is 0 Å². The van der Waals surface area contributed by atoms with Crippen LogP contribution >= 0.6 is 35.3 Å². The third-order valence-corrected chi connectivity index (χ3v) is 4.95. The molecular weight excluding hydrogens is 453 g/mol. The Morgan fingerprint density at radius 1 is 1.48 bits per heavy atom. The van der Waals surface area contributed by atoms with Crippen LogP contribution in [0.1, 0.15) is 18.5 Å². The number of aliphatic imine (C=N–C) groups is 1. The predicted octanol–water partition coefficient (Wildman–Crippen LogP) is 0.442. The van der Waals surface area contributed by atoms with E-state index in [1.54, 1.807) is 18.4 Å². The first-order valence-electron chi connectivity index (χ1n) is 8.07. The third-order valence-electron chi connectivity index (χ3n) is 3.89. The molecule has 1 aromatic rings. The molecule has 4 N–H and O–H groups in total. The average molecular weight is 481 g/mol. The fourth-order valence-corrected chi connectivity index (χ4v) is 3.36. The number of nitrogens with zero attached hydrogens (tertiary/aromatic N) is 4. The summed E-state index contributed by atoms with van der Waals surface area (Å²) in [5.74, 6) is 0.516. The van der Waals surface area contributed by atoms with Crippen molar-refractivity contribution in [3.63, 3.8) is 0 Å². The van der Waals surface area contributed by atoms with E-state index < -0.39 is 0 Å². The van der Waals surface area contributed by atoms with Crippen LogP contribution in [0.2, 0.25) is 0 Å². The molecule has 0 atom stereocenters. The minimum atomic E-state index is -0.265. The Morgan fingerprint density at radius 3 is 2.68 bits per heavy atom. The summed E-state index contributed by atoms with van der Waals surface area (Å²) in [5, 5.41) is 9.80. The van der Waals surface area contributed by atoms with Crippen molar-refractivity contribution in [2.45, 2.75) is 25.4 Å². The number of aromatic nitrogens is 1. The number of guanidine groups is 1. The highest BCUT2D eigenvalue weighted by Gasteiger charge is 2.20. The van der Waals surface area contributed by atoms with Crippen molar-refractivity contribution >= 4 is 52.3 Å². The van der Waals surface area contributed by atoms with Gasteiger partial charge in [0.2, 0.25) is 5.91 Å². The maximum Gasteiger partial charge on any atom is 0.231 e. The van der Waals surface area contributed by atoms with Gasteiger partial charge in [0.1, 0.15) is 0 Å². The summed E-state index contributed by atoms with van der Waals surface area (Å²) in [7, 11) is 5.74. The van der Waals surface area contributed by atoms with Crippen molar-refractivity contribution < 1.29 is 4.79 Å². The number of nitrogens with two attached hydrogens (primary N) is 1. The Hall–Kier alpha value is -1.14. The van der Waals surface area contributed by atoms with Crippen LogP contribution in [0.4, 0.5) is 5.13 Å². The molecule has 1 saturated heterocycles. The lowest BCUT2D eigenvalue weighted by molar-refractivity contribution is -0.119. The predicted molar refractivity (Wildman–Crippen MR) is 114 cm³/mol. The molecule has 0 radical (unpaired) electrons. The minimum Gasteiger partial charge on any atom is -0.369 e. The van der Waals surface area contributed by atoms with Crippen LogP contribution in [0, 0.1) is 0 Å². The summed E-state index contributed by atoms with van der Waals surface area (Å²) >= 11 is 1.63. The molecule has 1 fully saturated rings. The molecule has 1 aliphatic heterocycles. The van der Waals surface area contributed by atoms with Crippen LogP contribution in [0.25, 0.3) is 0 Å². The Bertz CT molecular complexity index is 570. The van der Waals surface area contributed by atoms with Crippen LogP contribution in [0.5, 0.6) is 0 Å². The van der Waals surface area contributed by atoms with Crippen LogP contribution in [0.15, 0.2) is 10.4 Å². The second-order valence-corrected chi connectivity index (χ2v) is 6.94. The fraction of sp³-hybridized carbons (Fsp3) is 0.667. The number of halogens is 1. The van der Waals surface area contributed by atoms with Gasteiger partial charge >= 0.3 is 0 Å². The van der Waals surface area contributed by atoms with Gasteiger partial charge in [0.25, 0.3) is 0 Å². The zero-order chi connectivity index (χ0) is 17.5. The molecule has 0 saturated carbocycles. The first-order chi connectivity index (χ1) is 11.5. The lowest BCUT2D eigenvalue weighted by Crippen LogP contribution is -2.49. The molecule has 1 aromatic heterocycles. The standard InChI is InChI=1S/C15H27N7OS.HI/c1-17-14(18-8-12-10-24-15(20-12)21(2)3)19-11-4-6-22(7-5-11)9-13(16)23;/h10-11H,4-9H2,1-3H3,(H2,16,23)(H2,17,18,19);1H. The number of likely N-dealkylation sites (tertiary alicyclic amines) is 1. The van der Waals surface area contributed by atoms with Gasteiger partial charge in [-0.15, -0.1) is 35.3 Å². The molecule has 0 aromatic carbocycles. The van der Waals surface area contributed by atoms with E-state index in [2.05, 4.69) is 30.9 Å². The zero-order valence-electron chi connectivity index (χ0n) is 15.0. The van der Waals surface area contributed by atoms with Gasteiger partial charge in [-0.3, -0.25) is 14.7 Å². The average Bonchev–Trinajstić information content (AvgIpc) is 3.02. The quantitative estimate of drug-likeness (QED) is 0.310. The van der Waals surface area contributed by atoms with Gasteiger partial charge in [0, 0.05) is 45.7 Å². The van der Waals surface area contributed by atoms with Gasteiger partial charge in [0.05, 0.1) is 18.8 Å². The molecule has 0 aliphatic carbocycles. The van der Waals surface area contributed by atoms with E-state index in [0.29, 0.717) is 19.1 Å². The molecule has 142 valence electrons. The van der Waals surface area contributed by atoms with Crippen molar-refractivity contribution in [1.82, 2.24) is 20.5 Å². The van der Waals surface area contributed by atoms with Crippen molar-refractivity contribution in [3.05, 3.63) is 11.1 Å². The number of piperidine rings is 1. The lowest BCUT2D eigenvalue weighted by Gasteiger charge is -2.32. The van der Waals surface area contributed by atoms with Crippen LogP contribution in [0.3, 0.4) is 0 Å². The van der Waals surface area contributed by atoms with Gasteiger partial charge < -0.3 is 21.3 Å². The van der Waals surface area contributed by atoms with Gasteiger partial charge in [-0.2, -0.15) is 0 Å². The maximum absolute atomic E-state index is 11.0. The summed E-state index contributed by atoms with van der Waals surface area (Å²) in [4.78, 5) is 23.9. The van der Waals surface area contributed by atoms with Gasteiger partial charge in [-0.1, -0.05) is 0 Å². The second-order valence-electron chi connectivity index (χ2n) is 6.10. The highest BCUT2D eigenvalue weighted by atomic mass is 127. The fourth-order valence-electron chi connectivity index (χ4n) is 2.60. The number of hydrogen-bond donors (Lipinski definition) is 3. The summed E-state index contributed by atoms with van der Waals surface area (Å²) < 4.78 is 0. The number of carbonyl (C=O) groups is 1. The van der Waals surface area contributed by atoms with Crippen LogP contribution < -0.4 is 21.3 Å². The van der Waals surface area contributed by atoms with E-state index in [1.165, 1.54) is 0 Å². The SMILES string of the molecule is CN=C(NCc1csc(N(C)C)n1)NC1CCN(CC(N)=O)CC1.I. The molecule has 25 heavy (non-hydrogen) atoms. The second kappa shape index (κ2) is 10.8. The van der Waals surface area contributed by atoms with E-state index in [9.17, 15) is 4.79 Å². The van der Waals surface area contributed by atoms with E-state index in [-0.39, 0.29) is 29.9 Å². The molecule has 1 amide bonds. The molecule has 0 spiro atoms. The number of primary amides is 1. The molecule has 10 heteroatoms. The highest BCUT2D eigenvalue weighted by molar-refractivity contribution is 14.0. The molecule has 0 bridgehead atoms. The number of anilines is 1. The monoisotopic (exact) mass is 481 g/mol. The Morgan fingerprint density at radius 2 is 2.16 bits per heavy atom. The number of amides is 1.